The number of aliphatic carboxylic acids is 2. The molecule has 2 radical (unpaired) electrons. The van der Waals surface area contributed by atoms with Crippen molar-refractivity contribution in [2.45, 2.75) is 13.8 Å². The van der Waals surface area contributed by atoms with Gasteiger partial charge in [-0.15, -0.1) is 0 Å². The maximum Gasteiger partial charge on any atom is 0 e. The van der Waals surface area contributed by atoms with E-state index in [1.54, 1.807) is 0 Å². The summed E-state index contributed by atoms with van der Waals surface area (Å²) >= 11 is 0. The van der Waals surface area contributed by atoms with Crippen LogP contribution in [0.3, 0.4) is 0 Å². The molecule has 0 saturated carbocycles. The minimum atomic E-state index is -1.08. The van der Waals surface area contributed by atoms with Gasteiger partial charge in [-0.25, -0.2) is 0 Å². The van der Waals surface area contributed by atoms with Gasteiger partial charge < -0.3 is 19.8 Å². The molecule has 0 aliphatic heterocycles. The maximum atomic E-state index is 8.89. The Hall–Kier alpha value is 0.563. The Bertz CT molecular complexity index is 80.1. The largest absolute Gasteiger partial charge is 0 e. The van der Waals surface area contributed by atoms with E-state index in [9.17, 15) is 0 Å². The minimum Gasteiger partial charge on any atom is 0 e. The fraction of sp³-hybridized carbons (Fsp3) is 0.500. The first-order valence-electron chi connectivity index (χ1n) is 1.82. The summed E-state index contributed by atoms with van der Waals surface area (Å²) in [6, 6.07) is 0. The third-order valence-corrected chi connectivity index (χ3v) is 0. The zero-order chi connectivity index (χ0) is 7.15. The summed E-state index contributed by atoms with van der Waals surface area (Å²) < 4.78 is 0. The summed E-state index contributed by atoms with van der Waals surface area (Å²) in [4.78, 5) is 17.8. The molecular formula is C4H7CoLiMnO4. The predicted octanol–water partition coefficient (Wildman–Crippen LogP) is -3.14. The van der Waals surface area contributed by atoms with Crippen LogP contribution in [0.2, 0.25) is 0 Å². The topological polar surface area (TPSA) is 80.3 Å². The Morgan fingerprint density at radius 3 is 1.00 bits per heavy atom. The summed E-state index contributed by atoms with van der Waals surface area (Å²) in [7, 11) is 0. The van der Waals surface area contributed by atoms with Crippen LogP contribution in [-0.2, 0) is 43.4 Å². The molecule has 0 saturated heterocycles. The van der Waals surface area contributed by atoms with Crippen molar-refractivity contribution in [1.82, 2.24) is 0 Å². The fourth-order valence-corrected chi connectivity index (χ4v) is 0. The standard InChI is InChI=1S/2C2H4O2.Co.Li.Mn.H/c2*1-2(3)4;;;;/h2*1H3,(H,3,4);;;;/q;;+2;;;/p-2. The van der Waals surface area contributed by atoms with Gasteiger partial charge in [0.2, 0.25) is 0 Å². The first-order valence-corrected chi connectivity index (χ1v) is 1.82. The van der Waals surface area contributed by atoms with Crippen molar-refractivity contribution in [3.63, 3.8) is 0 Å². The molecule has 64 valence electrons. The van der Waals surface area contributed by atoms with Crippen LogP contribution >= 0.6 is 0 Å². The summed E-state index contributed by atoms with van der Waals surface area (Å²) in [6.07, 6.45) is 0. The van der Waals surface area contributed by atoms with Crippen LogP contribution < -0.4 is 10.2 Å². The zero-order valence-corrected chi connectivity index (χ0v) is 7.57. The van der Waals surface area contributed by atoms with Gasteiger partial charge in [-0.05, 0) is 13.8 Å². The van der Waals surface area contributed by atoms with Gasteiger partial charge in [-0.2, -0.15) is 0 Å². The molecule has 0 fully saturated rings. The molecule has 0 aliphatic rings. The number of carbonyl (C=O) groups is 2. The Morgan fingerprint density at radius 2 is 1.00 bits per heavy atom. The zero-order valence-electron chi connectivity index (χ0n) is 5.34. The van der Waals surface area contributed by atoms with Gasteiger partial charge in [-0.1, -0.05) is 0 Å². The van der Waals surface area contributed by atoms with Gasteiger partial charge >= 0.3 is 35.6 Å². The number of carbonyl (C=O) groups excluding carboxylic acids is 2. The summed E-state index contributed by atoms with van der Waals surface area (Å²) in [5, 5.41) is 17.8. The molecule has 0 unspecified atom stereocenters. The number of hydrogen-bond acceptors (Lipinski definition) is 4. The van der Waals surface area contributed by atoms with E-state index in [-0.39, 0.29) is 52.7 Å². The van der Waals surface area contributed by atoms with Crippen LogP contribution in [0.1, 0.15) is 13.8 Å². The van der Waals surface area contributed by atoms with E-state index in [2.05, 4.69) is 0 Å². The number of carboxylic acids is 2. The van der Waals surface area contributed by atoms with Crippen LogP contribution in [0.5, 0.6) is 0 Å². The Morgan fingerprint density at radius 1 is 1.00 bits per heavy atom. The first-order chi connectivity index (χ1) is 3.46. The molecule has 0 aliphatic carbocycles. The monoisotopic (exact) mass is 240 g/mol. The van der Waals surface area contributed by atoms with E-state index in [0.717, 1.165) is 13.8 Å². The molecule has 11 heavy (non-hydrogen) atoms. The molecule has 0 heterocycles. The molecule has 0 aromatic rings. The van der Waals surface area contributed by atoms with Crippen LogP contribution in [0.4, 0.5) is 0 Å². The quantitative estimate of drug-likeness (QED) is 0.419. The van der Waals surface area contributed by atoms with E-state index in [4.69, 9.17) is 19.8 Å². The van der Waals surface area contributed by atoms with Crippen molar-refractivity contribution in [2.24, 2.45) is 0 Å². The normalized spacial score (nSPS) is 4.55. The van der Waals surface area contributed by atoms with Crippen molar-refractivity contribution in [3.05, 3.63) is 0 Å². The summed E-state index contributed by atoms with van der Waals surface area (Å²) in [5.41, 5.74) is 0. The molecule has 0 rings (SSSR count). The second-order valence-electron chi connectivity index (χ2n) is 0.983. The molecule has 4 nitrogen and oxygen atoms in total. The Balaban J connectivity index is -0.0000000171. The average molecular weight is 240 g/mol. The smallest absolute Gasteiger partial charge is 0 e. The Labute approximate surface area is 98.0 Å². The average Bonchev–Trinajstić information content (AvgIpc) is 1.25. The minimum absolute atomic E-state index is 0. The van der Waals surface area contributed by atoms with Crippen LogP contribution in [0.25, 0.3) is 0 Å². The van der Waals surface area contributed by atoms with E-state index in [1.807, 2.05) is 0 Å². The SMILES string of the molecule is CC(=O)[O-].CC(=O)[O-].[Co+2].[LiH].[Mn]. The van der Waals surface area contributed by atoms with Crippen molar-refractivity contribution >= 4 is 30.8 Å². The van der Waals surface area contributed by atoms with Gasteiger partial charge in [0.15, 0.2) is 0 Å². The third kappa shape index (κ3) is 2440. The van der Waals surface area contributed by atoms with Crippen LogP contribution in [-0.4, -0.2) is 30.8 Å². The first kappa shape index (κ1) is 30.0. The maximum absolute atomic E-state index is 8.89. The molecule has 0 aromatic heterocycles. The summed E-state index contributed by atoms with van der Waals surface area (Å²) in [5.74, 6) is -2.17. The molecule has 0 atom stereocenters. The Kier molecular flexibility index (Phi) is 61.1. The molecule has 0 N–H and O–H groups in total. The molecule has 0 bridgehead atoms. The molecule has 0 aromatic carbocycles. The number of rotatable bonds is 0. The van der Waals surface area contributed by atoms with E-state index < -0.39 is 11.9 Å². The van der Waals surface area contributed by atoms with Crippen molar-refractivity contribution in [1.29, 1.82) is 0 Å². The van der Waals surface area contributed by atoms with Crippen molar-refractivity contribution in [2.75, 3.05) is 0 Å². The van der Waals surface area contributed by atoms with Crippen molar-refractivity contribution < 1.29 is 53.6 Å². The van der Waals surface area contributed by atoms with E-state index in [0.29, 0.717) is 0 Å². The van der Waals surface area contributed by atoms with Gasteiger partial charge in [0, 0.05) is 29.0 Å². The second kappa shape index (κ2) is 22.4. The summed E-state index contributed by atoms with van der Waals surface area (Å²) in [6.45, 7) is 1.94. The van der Waals surface area contributed by atoms with Gasteiger partial charge in [0.1, 0.15) is 0 Å². The van der Waals surface area contributed by atoms with Gasteiger partial charge in [0.05, 0.1) is 0 Å². The second-order valence-corrected chi connectivity index (χ2v) is 0.983. The van der Waals surface area contributed by atoms with Gasteiger partial charge in [0.25, 0.3) is 0 Å². The van der Waals surface area contributed by atoms with Gasteiger partial charge in [-0.3, -0.25) is 0 Å². The number of carboxylic acid groups (broad SMARTS) is 2. The van der Waals surface area contributed by atoms with Crippen LogP contribution in [0, 0.1) is 0 Å². The molecule has 0 spiro atoms. The van der Waals surface area contributed by atoms with E-state index >= 15 is 0 Å². The predicted molar refractivity (Wildman–Crippen MR) is 28.5 cm³/mol. The van der Waals surface area contributed by atoms with Crippen molar-refractivity contribution in [3.8, 4) is 0 Å². The number of hydrogen-bond donors (Lipinski definition) is 0. The van der Waals surface area contributed by atoms with Crippen LogP contribution in [0.15, 0.2) is 0 Å². The molecular weight excluding hydrogens is 233 g/mol. The molecule has 7 heteroatoms. The van der Waals surface area contributed by atoms with E-state index in [1.165, 1.54) is 0 Å². The fourth-order valence-electron chi connectivity index (χ4n) is 0. The molecule has 0 amide bonds. The third-order valence-electron chi connectivity index (χ3n) is 0.